The molecule has 0 unspecified atom stereocenters. The van der Waals surface area contributed by atoms with Gasteiger partial charge in [0.05, 0.1) is 11.4 Å². The Hall–Kier alpha value is -1.37. The van der Waals surface area contributed by atoms with Gasteiger partial charge in [-0.05, 0) is 40.0 Å². The van der Waals surface area contributed by atoms with Crippen LogP contribution in [0.5, 0.6) is 0 Å². The van der Waals surface area contributed by atoms with Crippen LogP contribution in [0.3, 0.4) is 0 Å². The van der Waals surface area contributed by atoms with E-state index in [9.17, 15) is 13.2 Å². The van der Waals surface area contributed by atoms with Gasteiger partial charge in [0.1, 0.15) is 11.0 Å². The molecule has 1 saturated heterocycles. The summed E-state index contributed by atoms with van der Waals surface area (Å²) in [5, 5.41) is 2.74. The molecule has 7 heteroatoms. The SMILES string of the molecule is Cc1noc(C)c1CS(=O)(=O)[C@@H](C)C(=O)N1CCCCC1. The van der Waals surface area contributed by atoms with Crippen molar-refractivity contribution in [1.82, 2.24) is 10.1 Å². The normalized spacial score (nSPS) is 17.8. The quantitative estimate of drug-likeness (QED) is 0.843. The Kier molecular flexibility index (Phi) is 4.70. The predicted octanol–water partition coefficient (Wildman–Crippen LogP) is 1.61. The Morgan fingerprint density at radius 1 is 1.29 bits per heavy atom. The van der Waals surface area contributed by atoms with Gasteiger partial charge in [0.25, 0.3) is 0 Å². The first kappa shape index (κ1) is 16.0. The molecule has 2 heterocycles. The number of hydrogen-bond donors (Lipinski definition) is 0. The van der Waals surface area contributed by atoms with E-state index in [2.05, 4.69) is 5.16 Å². The number of hydrogen-bond acceptors (Lipinski definition) is 5. The molecule has 0 bridgehead atoms. The maximum Gasteiger partial charge on any atom is 0.240 e. The number of sulfone groups is 1. The fourth-order valence-electron chi connectivity index (χ4n) is 2.56. The number of likely N-dealkylation sites (tertiary alicyclic amines) is 1. The first-order valence-corrected chi connectivity index (χ1v) is 8.96. The molecule has 0 N–H and O–H groups in total. The highest BCUT2D eigenvalue weighted by Gasteiger charge is 2.33. The summed E-state index contributed by atoms with van der Waals surface area (Å²) in [6, 6.07) is 0. The number of rotatable bonds is 4. The lowest BCUT2D eigenvalue weighted by atomic mass is 10.1. The van der Waals surface area contributed by atoms with Crippen molar-refractivity contribution in [2.24, 2.45) is 0 Å². The second-order valence-electron chi connectivity index (χ2n) is 5.64. The second kappa shape index (κ2) is 6.17. The third-order valence-corrected chi connectivity index (χ3v) is 6.05. The van der Waals surface area contributed by atoms with Crippen molar-refractivity contribution in [1.29, 1.82) is 0 Å². The molecule has 1 amide bonds. The van der Waals surface area contributed by atoms with Gasteiger partial charge in [0.2, 0.25) is 5.91 Å². The third-order valence-electron chi connectivity index (χ3n) is 4.08. The van der Waals surface area contributed by atoms with E-state index < -0.39 is 15.1 Å². The average Bonchev–Trinajstić information content (AvgIpc) is 2.78. The number of carbonyl (C=O) groups is 1. The molecule has 0 spiro atoms. The van der Waals surface area contributed by atoms with Crippen LogP contribution < -0.4 is 0 Å². The third kappa shape index (κ3) is 3.45. The van der Waals surface area contributed by atoms with Crippen molar-refractivity contribution >= 4 is 15.7 Å². The van der Waals surface area contributed by atoms with Crippen molar-refractivity contribution < 1.29 is 17.7 Å². The molecule has 118 valence electrons. The zero-order chi connectivity index (χ0) is 15.6. The van der Waals surface area contributed by atoms with Gasteiger partial charge in [-0.3, -0.25) is 4.79 Å². The predicted molar refractivity (Wildman–Crippen MR) is 78.5 cm³/mol. The summed E-state index contributed by atoms with van der Waals surface area (Å²) >= 11 is 0. The Balaban J connectivity index is 2.13. The van der Waals surface area contributed by atoms with Crippen LogP contribution in [0.2, 0.25) is 0 Å². The van der Waals surface area contributed by atoms with Crippen LogP contribution in [-0.4, -0.2) is 42.7 Å². The molecule has 0 aliphatic carbocycles. The zero-order valence-corrected chi connectivity index (χ0v) is 13.6. The van der Waals surface area contributed by atoms with Crippen LogP contribution in [0.25, 0.3) is 0 Å². The van der Waals surface area contributed by atoms with E-state index in [-0.39, 0.29) is 11.7 Å². The number of piperidine rings is 1. The lowest BCUT2D eigenvalue weighted by Gasteiger charge is -2.29. The lowest BCUT2D eigenvalue weighted by Crippen LogP contribution is -2.44. The van der Waals surface area contributed by atoms with E-state index in [0.717, 1.165) is 19.3 Å². The first-order valence-electron chi connectivity index (χ1n) is 7.25. The minimum Gasteiger partial charge on any atom is -0.361 e. The van der Waals surface area contributed by atoms with Crippen LogP contribution in [0, 0.1) is 13.8 Å². The number of amides is 1. The minimum atomic E-state index is -3.57. The molecule has 1 aliphatic heterocycles. The summed E-state index contributed by atoms with van der Waals surface area (Å²) in [5.74, 6) is 0.00436. The fraction of sp³-hybridized carbons (Fsp3) is 0.714. The summed E-state index contributed by atoms with van der Waals surface area (Å²) in [7, 11) is -3.57. The van der Waals surface area contributed by atoms with E-state index in [1.807, 2.05) is 0 Å². The van der Waals surface area contributed by atoms with Crippen LogP contribution in [0.4, 0.5) is 0 Å². The van der Waals surface area contributed by atoms with E-state index in [1.165, 1.54) is 6.92 Å². The largest absolute Gasteiger partial charge is 0.361 e. The smallest absolute Gasteiger partial charge is 0.240 e. The van der Waals surface area contributed by atoms with E-state index in [1.54, 1.807) is 18.7 Å². The molecule has 21 heavy (non-hydrogen) atoms. The van der Waals surface area contributed by atoms with E-state index in [0.29, 0.717) is 30.1 Å². The summed E-state index contributed by atoms with van der Waals surface area (Å²) in [5.41, 5.74) is 1.13. The summed E-state index contributed by atoms with van der Waals surface area (Å²) in [6.07, 6.45) is 2.99. The van der Waals surface area contributed by atoms with Gasteiger partial charge in [-0.25, -0.2) is 8.42 Å². The van der Waals surface area contributed by atoms with Gasteiger partial charge in [-0.15, -0.1) is 0 Å². The lowest BCUT2D eigenvalue weighted by molar-refractivity contribution is -0.131. The van der Waals surface area contributed by atoms with Crippen molar-refractivity contribution in [3.05, 3.63) is 17.0 Å². The van der Waals surface area contributed by atoms with Gasteiger partial charge in [-0.2, -0.15) is 0 Å². The van der Waals surface area contributed by atoms with Crippen molar-refractivity contribution in [2.45, 2.75) is 51.0 Å². The van der Waals surface area contributed by atoms with Gasteiger partial charge in [0, 0.05) is 18.7 Å². The van der Waals surface area contributed by atoms with Gasteiger partial charge < -0.3 is 9.42 Å². The molecular formula is C14H22N2O4S. The molecule has 1 atom stereocenters. The van der Waals surface area contributed by atoms with Crippen molar-refractivity contribution in [3.63, 3.8) is 0 Å². The Bertz CT molecular complexity index is 595. The summed E-state index contributed by atoms with van der Waals surface area (Å²) in [6.45, 7) is 6.18. The first-order chi connectivity index (χ1) is 9.83. The summed E-state index contributed by atoms with van der Waals surface area (Å²) < 4.78 is 29.9. The van der Waals surface area contributed by atoms with Gasteiger partial charge in [0.15, 0.2) is 9.84 Å². The highest BCUT2D eigenvalue weighted by molar-refractivity contribution is 7.92. The molecule has 1 fully saturated rings. The zero-order valence-electron chi connectivity index (χ0n) is 12.8. The Morgan fingerprint density at radius 3 is 2.43 bits per heavy atom. The molecule has 1 aromatic rings. The minimum absolute atomic E-state index is 0.199. The van der Waals surface area contributed by atoms with Crippen molar-refractivity contribution in [3.8, 4) is 0 Å². The number of aromatic nitrogens is 1. The highest BCUT2D eigenvalue weighted by atomic mass is 32.2. The monoisotopic (exact) mass is 314 g/mol. The van der Waals surface area contributed by atoms with E-state index in [4.69, 9.17) is 4.52 Å². The van der Waals surface area contributed by atoms with Crippen LogP contribution in [0.15, 0.2) is 4.52 Å². The molecule has 6 nitrogen and oxygen atoms in total. The van der Waals surface area contributed by atoms with Crippen LogP contribution in [0.1, 0.15) is 43.2 Å². The Morgan fingerprint density at radius 2 is 1.90 bits per heavy atom. The number of carbonyl (C=O) groups excluding carboxylic acids is 1. The van der Waals surface area contributed by atoms with Crippen LogP contribution in [-0.2, 0) is 20.4 Å². The maximum absolute atomic E-state index is 12.5. The maximum atomic E-state index is 12.5. The number of aryl methyl sites for hydroxylation is 2. The second-order valence-corrected chi connectivity index (χ2v) is 7.96. The topological polar surface area (TPSA) is 80.5 Å². The molecule has 1 aromatic heterocycles. The molecular weight excluding hydrogens is 292 g/mol. The van der Waals surface area contributed by atoms with E-state index >= 15 is 0 Å². The fourth-order valence-corrected chi connectivity index (χ4v) is 4.08. The molecule has 2 rings (SSSR count). The standard InChI is InChI=1S/C14H22N2O4S/c1-10-13(11(2)20-15-10)9-21(18,19)12(3)14(17)16-7-5-4-6-8-16/h12H,4-9H2,1-3H3/t12-/m0/s1. The number of nitrogens with zero attached hydrogens (tertiary/aromatic N) is 2. The molecule has 0 aromatic carbocycles. The molecule has 0 radical (unpaired) electrons. The Labute approximate surface area is 125 Å². The summed E-state index contributed by atoms with van der Waals surface area (Å²) in [4.78, 5) is 14.0. The van der Waals surface area contributed by atoms with Crippen molar-refractivity contribution in [2.75, 3.05) is 13.1 Å². The van der Waals surface area contributed by atoms with Gasteiger partial charge in [-0.1, -0.05) is 5.16 Å². The molecule has 0 saturated carbocycles. The van der Waals surface area contributed by atoms with Crippen LogP contribution >= 0.6 is 0 Å². The molecule has 1 aliphatic rings. The highest BCUT2D eigenvalue weighted by Crippen LogP contribution is 2.20. The van der Waals surface area contributed by atoms with Gasteiger partial charge >= 0.3 is 0 Å². The average molecular weight is 314 g/mol.